The summed E-state index contributed by atoms with van der Waals surface area (Å²) in [6.07, 6.45) is 3.79. The highest BCUT2D eigenvalue weighted by atomic mass is 35.5. The highest BCUT2D eigenvalue weighted by Crippen LogP contribution is 2.23. The lowest BCUT2D eigenvalue weighted by molar-refractivity contribution is 0.608. The van der Waals surface area contributed by atoms with Gasteiger partial charge in [-0.1, -0.05) is 11.6 Å². The number of hydrogen-bond donors (Lipinski definition) is 1. The first kappa shape index (κ1) is 8.54. The van der Waals surface area contributed by atoms with E-state index < -0.39 is 0 Å². The fourth-order valence-electron chi connectivity index (χ4n) is 1.64. The maximum atomic E-state index is 5.84. The molecule has 0 aromatic carbocycles. The minimum Gasteiger partial charge on any atom is -0.314 e. The van der Waals surface area contributed by atoms with Crippen LogP contribution in [0.2, 0.25) is 4.34 Å². The van der Waals surface area contributed by atoms with E-state index in [9.17, 15) is 0 Å². The highest BCUT2D eigenvalue weighted by Gasteiger charge is 2.14. The summed E-state index contributed by atoms with van der Waals surface area (Å²) >= 11 is 7.54. The van der Waals surface area contributed by atoms with Crippen LogP contribution in [0.25, 0.3) is 0 Å². The lowest BCUT2D eigenvalue weighted by Crippen LogP contribution is -2.23. The predicted octanol–water partition coefficient (Wildman–Crippen LogP) is 2.70. The average Bonchev–Trinajstić information content (AvgIpc) is 2.63. The lowest BCUT2D eigenvalue weighted by atomic mass is 10.1. The topological polar surface area (TPSA) is 12.0 Å². The van der Waals surface area contributed by atoms with Crippen molar-refractivity contribution in [2.45, 2.75) is 25.3 Å². The first-order valence-electron chi connectivity index (χ1n) is 4.32. The third-order valence-electron chi connectivity index (χ3n) is 2.24. The zero-order valence-electron chi connectivity index (χ0n) is 6.85. The highest BCUT2D eigenvalue weighted by molar-refractivity contribution is 7.16. The van der Waals surface area contributed by atoms with E-state index >= 15 is 0 Å². The summed E-state index contributed by atoms with van der Waals surface area (Å²) in [4.78, 5) is 1.40. The Hall–Kier alpha value is -0.0500. The number of rotatable bonds is 2. The van der Waals surface area contributed by atoms with Crippen LogP contribution in [0.15, 0.2) is 12.1 Å². The van der Waals surface area contributed by atoms with Crippen LogP contribution < -0.4 is 5.32 Å². The first-order chi connectivity index (χ1) is 5.84. The van der Waals surface area contributed by atoms with Gasteiger partial charge in [0.25, 0.3) is 0 Å². The predicted molar refractivity (Wildman–Crippen MR) is 54.1 cm³/mol. The third-order valence-corrected chi connectivity index (χ3v) is 3.49. The molecular weight excluding hydrogens is 190 g/mol. The van der Waals surface area contributed by atoms with Crippen LogP contribution in [0.4, 0.5) is 0 Å². The molecule has 1 aromatic heterocycles. The molecule has 12 heavy (non-hydrogen) atoms. The number of nitrogens with one attached hydrogen (secondary N) is 1. The van der Waals surface area contributed by atoms with E-state index in [0.717, 1.165) is 10.8 Å². The van der Waals surface area contributed by atoms with E-state index in [2.05, 4.69) is 11.4 Å². The molecule has 0 bridgehead atoms. The molecule has 1 fully saturated rings. The maximum absolute atomic E-state index is 5.84. The van der Waals surface area contributed by atoms with Crippen molar-refractivity contribution < 1.29 is 0 Å². The Morgan fingerprint density at radius 2 is 2.50 bits per heavy atom. The zero-order chi connectivity index (χ0) is 8.39. The van der Waals surface area contributed by atoms with Gasteiger partial charge in [0.2, 0.25) is 0 Å². The molecule has 2 heterocycles. The van der Waals surface area contributed by atoms with Gasteiger partial charge < -0.3 is 5.32 Å². The molecule has 0 saturated carbocycles. The summed E-state index contributed by atoms with van der Waals surface area (Å²) < 4.78 is 0.906. The molecule has 1 saturated heterocycles. The summed E-state index contributed by atoms with van der Waals surface area (Å²) in [5.74, 6) is 0. The van der Waals surface area contributed by atoms with E-state index in [-0.39, 0.29) is 0 Å². The molecule has 0 unspecified atom stereocenters. The van der Waals surface area contributed by atoms with Crippen molar-refractivity contribution in [1.29, 1.82) is 0 Å². The van der Waals surface area contributed by atoms with Gasteiger partial charge in [0.05, 0.1) is 4.34 Å². The van der Waals surface area contributed by atoms with Gasteiger partial charge in [-0.15, -0.1) is 11.3 Å². The van der Waals surface area contributed by atoms with Crippen molar-refractivity contribution in [2.24, 2.45) is 0 Å². The average molecular weight is 202 g/mol. The van der Waals surface area contributed by atoms with E-state index in [0.29, 0.717) is 6.04 Å². The fraction of sp³-hybridized carbons (Fsp3) is 0.556. The van der Waals surface area contributed by atoms with E-state index in [1.54, 1.807) is 11.3 Å². The standard InChI is InChI=1S/C9H12ClNS/c10-9-4-3-8(12-9)6-7-2-1-5-11-7/h3-4,7,11H,1-2,5-6H2/t7-/m0/s1. The number of thiophene rings is 1. The Morgan fingerprint density at radius 1 is 1.58 bits per heavy atom. The van der Waals surface area contributed by atoms with Crippen LogP contribution in [-0.2, 0) is 6.42 Å². The van der Waals surface area contributed by atoms with E-state index in [1.807, 2.05) is 6.07 Å². The van der Waals surface area contributed by atoms with Crippen molar-refractivity contribution in [1.82, 2.24) is 5.32 Å². The van der Waals surface area contributed by atoms with Crippen molar-refractivity contribution in [3.05, 3.63) is 21.3 Å². The molecule has 1 atom stereocenters. The smallest absolute Gasteiger partial charge is 0.0931 e. The second kappa shape index (κ2) is 3.77. The summed E-state index contributed by atoms with van der Waals surface area (Å²) in [5, 5.41) is 3.48. The van der Waals surface area contributed by atoms with Gasteiger partial charge in [-0.2, -0.15) is 0 Å². The molecule has 2 rings (SSSR count). The summed E-state index contributed by atoms with van der Waals surface area (Å²) in [7, 11) is 0. The van der Waals surface area contributed by atoms with Gasteiger partial charge in [0.1, 0.15) is 0 Å². The second-order valence-electron chi connectivity index (χ2n) is 3.20. The molecule has 0 aliphatic carbocycles. The van der Waals surface area contributed by atoms with Gasteiger partial charge in [0.15, 0.2) is 0 Å². The van der Waals surface area contributed by atoms with Gasteiger partial charge in [-0.05, 0) is 37.9 Å². The summed E-state index contributed by atoms with van der Waals surface area (Å²) in [6.45, 7) is 1.18. The molecule has 0 spiro atoms. The summed E-state index contributed by atoms with van der Waals surface area (Å²) in [6, 6.07) is 4.81. The maximum Gasteiger partial charge on any atom is 0.0931 e. The Bertz CT molecular complexity index is 253. The molecule has 1 nitrogen and oxygen atoms in total. The van der Waals surface area contributed by atoms with Gasteiger partial charge in [-0.3, -0.25) is 0 Å². The lowest BCUT2D eigenvalue weighted by Gasteiger charge is -2.06. The Balaban J connectivity index is 1.94. The normalized spacial score (nSPS) is 23.2. The fourth-order valence-corrected chi connectivity index (χ4v) is 2.80. The molecule has 0 radical (unpaired) electrons. The van der Waals surface area contributed by atoms with Crippen molar-refractivity contribution >= 4 is 22.9 Å². The van der Waals surface area contributed by atoms with Crippen LogP contribution in [-0.4, -0.2) is 12.6 Å². The van der Waals surface area contributed by atoms with Crippen LogP contribution >= 0.6 is 22.9 Å². The Kier molecular flexibility index (Phi) is 2.69. The summed E-state index contributed by atoms with van der Waals surface area (Å²) in [5.41, 5.74) is 0. The first-order valence-corrected chi connectivity index (χ1v) is 5.51. The van der Waals surface area contributed by atoms with Crippen LogP contribution in [0.3, 0.4) is 0 Å². The third kappa shape index (κ3) is 2.00. The van der Waals surface area contributed by atoms with Crippen molar-refractivity contribution in [3.63, 3.8) is 0 Å². The molecule has 1 aromatic rings. The molecule has 3 heteroatoms. The van der Waals surface area contributed by atoms with Crippen molar-refractivity contribution in [3.8, 4) is 0 Å². The van der Waals surface area contributed by atoms with Crippen molar-refractivity contribution in [2.75, 3.05) is 6.54 Å². The number of hydrogen-bond acceptors (Lipinski definition) is 2. The van der Waals surface area contributed by atoms with E-state index in [4.69, 9.17) is 11.6 Å². The van der Waals surface area contributed by atoms with Crippen LogP contribution in [0.1, 0.15) is 17.7 Å². The van der Waals surface area contributed by atoms with Gasteiger partial charge in [-0.25, -0.2) is 0 Å². The van der Waals surface area contributed by atoms with Crippen LogP contribution in [0.5, 0.6) is 0 Å². The molecule has 66 valence electrons. The molecule has 1 aliphatic rings. The van der Waals surface area contributed by atoms with E-state index in [1.165, 1.54) is 24.3 Å². The SMILES string of the molecule is Clc1ccc(C[C@@H]2CCCN2)s1. The quantitative estimate of drug-likeness (QED) is 0.776. The molecular formula is C9H12ClNS. The second-order valence-corrected chi connectivity index (χ2v) is 5.00. The Morgan fingerprint density at radius 3 is 3.08 bits per heavy atom. The van der Waals surface area contributed by atoms with Crippen LogP contribution in [0, 0.1) is 0 Å². The largest absolute Gasteiger partial charge is 0.314 e. The Labute approximate surface area is 81.7 Å². The minimum absolute atomic E-state index is 0.694. The van der Waals surface area contributed by atoms with Gasteiger partial charge in [0, 0.05) is 10.9 Å². The molecule has 0 amide bonds. The molecule has 1 aliphatic heterocycles. The minimum atomic E-state index is 0.694. The van der Waals surface area contributed by atoms with Gasteiger partial charge >= 0.3 is 0 Å². The monoisotopic (exact) mass is 201 g/mol. The number of halogens is 1. The zero-order valence-corrected chi connectivity index (χ0v) is 8.42. The molecule has 1 N–H and O–H groups in total.